The molecular formula is C15H17ClF3NO. The summed E-state index contributed by atoms with van der Waals surface area (Å²) in [4.78, 5) is 12.3. The summed E-state index contributed by atoms with van der Waals surface area (Å²) >= 11 is 5.56. The van der Waals surface area contributed by atoms with E-state index in [9.17, 15) is 18.0 Å². The molecule has 0 unspecified atom stereocenters. The number of anilines is 1. The van der Waals surface area contributed by atoms with Crippen molar-refractivity contribution in [3.63, 3.8) is 0 Å². The predicted octanol–water partition coefficient (Wildman–Crippen LogP) is 5.27. The van der Waals surface area contributed by atoms with Gasteiger partial charge < -0.3 is 5.32 Å². The summed E-state index contributed by atoms with van der Waals surface area (Å²) in [6.45, 7) is 1.86. The molecule has 1 fully saturated rings. The van der Waals surface area contributed by atoms with Crippen LogP contribution < -0.4 is 5.32 Å². The van der Waals surface area contributed by atoms with E-state index in [0.717, 1.165) is 44.2 Å². The first kappa shape index (κ1) is 16.1. The van der Waals surface area contributed by atoms with E-state index >= 15 is 0 Å². The molecule has 0 heterocycles. The van der Waals surface area contributed by atoms with Crippen LogP contribution in [0.5, 0.6) is 0 Å². The van der Waals surface area contributed by atoms with Gasteiger partial charge in [-0.3, -0.25) is 4.79 Å². The maximum atomic E-state index is 12.8. The van der Waals surface area contributed by atoms with E-state index in [1.54, 1.807) is 0 Å². The number of carbonyl (C=O) groups excluding carboxylic acids is 1. The lowest BCUT2D eigenvalue weighted by Crippen LogP contribution is -2.35. The van der Waals surface area contributed by atoms with Crippen LogP contribution in [-0.2, 0) is 11.0 Å². The second-order valence-electron chi connectivity index (χ2n) is 5.77. The molecule has 0 atom stereocenters. The average molecular weight is 320 g/mol. The Morgan fingerprint density at radius 1 is 1.24 bits per heavy atom. The smallest absolute Gasteiger partial charge is 0.326 e. The molecule has 1 aliphatic carbocycles. The van der Waals surface area contributed by atoms with Crippen LogP contribution in [0.4, 0.5) is 18.9 Å². The molecule has 1 N–H and O–H groups in total. The first-order valence-corrected chi connectivity index (χ1v) is 7.28. The summed E-state index contributed by atoms with van der Waals surface area (Å²) in [5, 5.41) is 2.22. The Kier molecular flexibility index (Phi) is 4.51. The lowest BCUT2D eigenvalue weighted by atomic mass is 9.75. The Labute approximate surface area is 126 Å². The van der Waals surface area contributed by atoms with Crippen LogP contribution in [0, 0.1) is 5.41 Å². The van der Waals surface area contributed by atoms with Crippen LogP contribution >= 0.6 is 11.6 Å². The predicted molar refractivity (Wildman–Crippen MR) is 76.3 cm³/mol. The normalized spacial score (nSPS) is 18.3. The molecule has 1 aliphatic rings. The molecular weight excluding hydrogens is 303 g/mol. The number of hydrogen-bond donors (Lipinski definition) is 1. The summed E-state index contributed by atoms with van der Waals surface area (Å²) in [5.41, 5.74) is -1.31. The number of halogens is 4. The number of rotatable bonds is 2. The van der Waals surface area contributed by atoms with Crippen molar-refractivity contribution in [1.82, 2.24) is 0 Å². The van der Waals surface area contributed by atoms with E-state index in [0.29, 0.717) is 0 Å². The molecule has 0 saturated heterocycles. The van der Waals surface area contributed by atoms with Crippen LogP contribution in [0.3, 0.4) is 0 Å². The van der Waals surface area contributed by atoms with E-state index in [1.807, 2.05) is 6.92 Å². The lowest BCUT2D eigenvalue weighted by molar-refractivity contribution is -0.137. The van der Waals surface area contributed by atoms with Gasteiger partial charge in [0.15, 0.2) is 0 Å². The summed E-state index contributed by atoms with van der Waals surface area (Å²) in [5.74, 6) is -0.224. The molecule has 1 amide bonds. The zero-order valence-corrected chi connectivity index (χ0v) is 12.4. The molecule has 6 heteroatoms. The topological polar surface area (TPSA) is 29.1 Å². The summed E-state index contributed by atoms with van der Waals surface area (Å²) < 4.78 is 38.4. The fourth-order valence-electron chi connectivity index (χ4n) is 2.66. The van der Waals surface area contributed by atoms with Gasteiger partial charge in [0, 0.05) is 11.1 Å². The van der Waals surface area contributed by atoms with E-state index in [-0.39, 0.29) is 16.6 Å². The van der Waals surface area contributed by atoms with Gasteiger partial charge in [0.05, 0.1) is 10.6 Å². The number of hydrogen-bond acceptors (Lipinski definition) is 1. The zero-order chi connectivity index (χ0) is 15.7. The van der Waals surface area contributed by atoms with Gasteiger partial charge in [-0.25, -0.2) is 0 Å². The quantitative estimate of drug-likeness (QED) is 0.790. The highest BCUT2D eigenvalue weighted by Crippen LogP contribution is 2.38. The highest BCUT2D eigenvalue weighted by Gasteiger charge is 2.36. The molecule has 0 spiro atoms. The van der Waals surface area contributed by atoms with Crippen molar-refractivity contribution >= 4 is 23.2 Å². The number of alkyl halides is 3. The summed E-state index contributed by atoms with van der Waals surface area (Å²) in [6, 6.07) is 3.43. The first-order valence-electron chi connectivity index (χ1n) is 6.91. The molecule has 0 bridgehead atoms. The molecule has 1 aromatic rings. The number of benzene rings is 1. The number of carbonyl (C=O) groups is 1. The van der Waals surface area contributed by atoms with Crippen molar-refractivity contribution in [2.24, 2.45) is 5.41 Å². The standard InChI is InChI=1S/C15H17ClF3NO/c1-14(7-3-2-4-8-14)13(21)20-10-5-6-12(16)11(9-10)15(17,18)19/h5-6,9H,2-4,7-8H2,1H3,(H,20,21). The molecule has 21 heavy (non-hydrogen) atoms. The zero-order valence-electron chi connectivity index (χ0n) is 11.7. The molecule has 0 aromatic heterocycles. The maximum Gasteiger partial charge on any atom is 0.417 e. The number of nitrogens with one attached hydrogen (secondary N) is 1. The van der Waals surface area contributed by atoms with E-state index in [4.69, 9.17) is 11.6 Å². The molecule has 2 rings (SSSR count). The van der Waals surface area contributed by atoms with Crippen LogP contribution in [0.2, 0.25) is 5.02 Å². The summed E-state index contributed by atoms with van der Waals surface area (Å²) in [7, 11) is 0. The summed E-state index contributed by atoms with van der Waals surface area (Å²) in [6.07, 6.45) is 0.0301. The molecule has 2 nitrogen and oxygen atoms in total. The van der Waals surface area contributed by atoms with Gasteiger partial charge in [-0.1, -0.05) is 37.8 Å². The third-order valence-corrected chi connectivity index (χ3v) is 4.36. The Hall–Kier alpha value is -1.23. The lowest BCUT2D eigenvalue weighted by Gasteiger charge is -2.32. The van der Waals surface area contributed by atoms with Gasteiger partial charge in [-0.2, -0.15) is 13.2 Å². The van der Waals surface area contributed by atoms with E-state index in [2.05, 4.69) is 5.32 Å². The SMILES string of the molecule is CC1(C(=O)Nc2ccc(Cl)c(C(F)(F)F)c2)CCCCC1. The van der Waals surface area contributed by atoms with Gasteiger partial charge in [0.2, 0.25) is 5.91 Å². The average Bonchev–Trinajstić information content (AvgIpc) is 2.40. The van der Waals surface area contributed by atoms with Gasteiger partial charge in [0.1, 0.15) is 0 Å². The second kappa shape index (κ2) is 5.87. The van der Waals surface area contributed by atoms with E-state index < -0.39 is 17.2 Å². The van der Waals surface area contributed by atoms with Gasteiger partial charge in [0.25, 0.3) is 0 Å². The van der Waals surface area contributed by atoms with Crippen molar-refractivity contribution in [3.05, 3.63) is 28.8 Å². The van der Waals surface area contributed by atoms with Crippen molar-refractivity contribution in [2.75, 3.05) is 5.32 Å². The van der Waals surface area contributed by atoms with Crippen molar-refractivity contribution in [1.29, 1.82) is 0 Å². The Balaban J connectivity index is 2.18. The Morgan fingerprint density at radius 3 is 2.43 bits per heavy atom. The van der Waals surface area contributed by atoms with Gasteiger partial charge in [-0.15, -0.1) is 0 Å². The maximum absolute atomic E-state index is 12.8. The van der Waals surface area contributed by atoms with Gasteiger partial charge >= 0.3 is 6.18 Å². The van der Waals surface area contributed by atoms with Gasteiger partial charge in [-0.05, 0) is 31.0 Å². The van der Waals surface area contributed by atoms with E-state index in [1.165, 1.54) is 6.07 Å². The van der Waals surface area contributed by atoms with Crippen molar-refractivity contribution in [3.8, 4) is 0 Å². The second-order valence-corrected chi connectivity index (χ2v) is 6.18. The molecule has 116 valence electrons. The third kappa shape index (κ3) is 3.70. The highest BCUT2D eigenvalue weighted by atomic mass is 35.5. The minimum Gasteiger partial charge on any atom is -0.326 e. The fraction of sp³-hybridized carbons (Fsp3) is 0.533. The van der Waals surface area contributed by atoms with Crippen molar-refractivity contribution in [2.45, 2.75) is 45.2 Å². The van der Waals surface area contributed by atoms with Crippen LogP contribution in [0.25, 0.3) is 0 Å². The number of amides is 1. The van der Waals surface area contributed by atoms with Crippen molar-refractivity contribution < 1.29 is 18.0 Å². The minimum absolute atomic E-state index is 0.128. The largest absolute Gasteiger partial charge is 0.417 e. The first-order chi connectivity index (χ1) is 9.72. The van der Waals surface area contributed by atoms with Crippen LogP contribution in [-0.4, -0.2) is 5.91 Å². The monoisotopic (exact) mass is 319 g/mol. The molecule has 1 saturated carbocycles. The molecule has 0 aliphatic heterocycles. The molecule has 1 aromatic carbocycles. The highest BCUT2D eigenvalue weighted by molar-refractivity contribution is 6.31. The van der Waals surface area contributed by atoms with Crippen LogP contribution in [0.15, 0.2) is 18.2 Å². The minimum atomic E-state index is -4.54. The Morgan fingerprint density at radius 2 is 1.86 bits per heavy atom. The molecule has 0 radical (unpaired) electrons. The van der Waals surface area contributed by atoms with Crippen LogP contribution in [0.1, 0.15) is 44.6 Å². The Bertz CT molecular complexity index is 536. The third-order valence-electron chi connectivity index (χ3n) is 4.03. The fourth-order valence-corrected chi connectivity index (χ4v) is 2.89.